The van der Waals surface area contributed by atoms with E-state index in [0.717, 1.165) is 26.8 Å². The summed E-state index contributed by atoms with van der Waals surface area (Å²) in [5, 5.41) is 0.963. The van der Waals surface area contributed by atoms with Gasteiger partial charge in [-0.1, -0.05) is 12.1 Å². The molecule has 0 atom stereocenters. The van der Waals surface area contributed by atoms with Crippen LogP contribution in [0.15, 0.2) is 47.8 Å². The van der Waals surface area contributed by atoms with Gasteiger partial charge in [0.05, 0.1) is 26.2 Å². The maximum atomic E-state index is 11.5. The number of hydrogen-bond acceptors (Lipinski definition) is 6. The molecule has 0 aliphatic heterocycles. The lowest BCUT2D eigenvalue weighted by Crippen LogP contribution is -1.96. The first-order valence-electron chi connectivity index (χ1n) is 6.95. The van der Waals surface area contributed by atoms with Gasteiger partial charge in [0.1, 0.15) is 0 Å². The Bertz CT molecular complexity index is 918. The molecule has 2 aromatic heterocycles. The molecule has 0 aliphatic rings. The fourth-order valence-corrected chi connectivity index (χ4v) is 3.94. The largest absolute Gasteiger partial charge is 0.261 e. The number of hydrogen-bond donors (Lipinski definition) is 0. The predicted molar refractivity (Wildman–Crippen MR) is 90.2 cm³/mol. The average Bonchev–Trinajstić information content (AvgIpc) is 2.88. The van der Waals surface area contributed by atoms with Crippen LogP contribution in [0.2, 0.25) is 0 Å². The third kappa shape index (κ3) is 3.62. The zero-order valence-electron chi connectivity index (χ0n) is 12.7. The second-order valence-electron chi connectivity index (χ2n) is 5.19. The number of aromatic nitrogens is 3. The number of thiazole rings is 1. The molecule has 118 valence electrons. The van der Waals surface area contributed by atoms with Crippen molar-refractivity contribution in [1.82, 2.24) is 15.0 Å². The van der Waals surface area contributed by atoms with Gasteiger partial charge in [-0.2, -0.15) is 0 Å². The van der Waals surface area contributed by atoms with E-state index < -0.39 is 9.84 Å². The van der Waals surface area contributed by atoms with E-state index in [1.807, 2.05) is 19.1 Å². The summed E-state index contributed by atoms with van der Waals surface area (Å²) in [7, 11) is -3.17. The second kappa shape index (κ2) is 6.17. The van der Waals surface area contributed by atoms with Crippen molar-refractivity contribution in [3.05, 3.63) is 59.3 Å². The van der Waals surface area contributed by atoms with Gasteiger partial charge in [-0.3, -0.25) is 9.97 Å². The molecule has 23 heavy (non-hydrogen) atoms. The maximum absolute atomic E-state index is 11.5. The Morgan fingerprint density at radius 1 is 1.13 bits per heavy atom. The predicted octanol–water partition coefficient (Wildman–Crippen LogP) is 2.90. The van der Waals surface area contributed by atoms with Crippen LogP contribution < -0.4 is 0 Å². The minimum atomic E-state index is -3.17. The molecule has 0 fully saturated rings. The van der Waals surface area contributed by atoms with Crippen molar-refractivity contribution in [3.8, 4) is 10.4 Å². The molecule has 1 aromatic carbocycles. The van der Waals surface area contributed by atoms with Crippen LogP contribution in [-0.2, 0) is 16.3 Å². The number of nitrogens with zero attached hydrogens (tertiary/aromatic N) is 3. The van der Waals surface area contributed by atoms with E-state index in [-0.39, 0.29) is 0 Å². The highest BCUT2D eigenvalue weighted by Crippen LogP contribution is 2.31. The van der Waals surface area contributed by atoms with E-state index in [1.165, 1.54) is 6.26 Å². The van der Waals surface area contributed by atoms with Crippen LogP contribution >= 0.6 is 11.3 Å². The lowest BCUT2D eigenvalue weighted by Gasteiger charge is -2.01. The van der Waals surface area contributed by atoms with Gasteiger partial charge >= 0.3 is 0 Å². The van der Waals surface area contributed by atoms with Gasteiger partial charge in [0.25, 0.3) is 0 Å². The highest BCUT2D eigenvalue weighted by molar-refractivity contribution is 7.90. The fourth-order valence-electron chi connectivity index (χ4n) is 2.23. The summed E-state index contributed by atoms with van der Waals surface area (Å²) in [6.45, 7) is 1.95. The summed E-state index contributed by atoms with van der Waals surface area (Å²) in [4.78, 5) is 14.3. The Balaban J connectivity index is 1.89. The molecular formula is C16H15N3O2S2. The Labute approximate surface area is 139 Å². The van der Waals surface area contributed by atoms with Crippen LogP contribution in [0.25, 0.3) is 10.4 Å². The quantitative estimate of drug-likeness (QED) is 0.727. The molecule has 0 spiro atoms. The second-order valence-corrected chi connectivity index (χ2v) is 8.29. The minimum absolute atomic E-state index is 0.322. The molecule has 0 aliphatic carbocycles. The summed E-state index contributed by atoms with van der Waals surface area (Å²) >= 11 is 1.59. The molecule has 3 rings (SSSR count). The topological polar surface area (TPSA) is 72.8 Å². The van der Waals surface area contributed by atoms with Crippen LogP contribution in [-0.4, -0.2) is 29.6 Å². The molecule has 3 aromatic rings. The van der Waals surface area contributed by atoms with Crippen molar-refractivity contribution < 1.29 is 8.42 Å². The summed E-state index contributed by atoms with van der Waals surface area (Å²) in [6.07, 6.45) is 6.89. The van der Waals surface area contributed by atoms with Crippen LogP contribution in [0.4, 0.5) is 0 Å². The summed E-state index contributed by atoms with van der Waals surface area (Å²) in [5.41, 5.74) is 2.78. The lowest BCUT2D eigenvalue weighted by atomic mass is 10.2. The first-order chi connectivity index (χ1) is 10.9. The average molecular weight is 345 g/mol. The van der Waals surface area contributed by atoms with Crippen molar-refractivity contribution in [3.63, 3.8) is 0 Å². The molecule has 0 radical (unpaired) electrons. The minimum Gasteiger partial charge on any atom is -0.261 e. The van der Waals surface area contributed by atoms with E-state index in [4.69, 9.17) is 0 Å². The summed E-state index contributed by atoms with van der Waals surface area (Å²) < 4.78 is 23.1. The highest BCUT2D eigenvalue weighted by Gasteiger charge is 2.12. The van der Waals surface area contributed by atoms with Crippen molar-refractivity contribution in [2.45, 2.75) is 18.2 Å². The molecule has 0 unspecified atom stereocenters. The number of aryl methyl sites for hydroxylation is 1. The summed E-state index contributed by atoms with van der Waals surface area (Å²) in [6, 6.07) is 6.91. The zero-order chi connectivity index (χ0) is 16.4. The van der Waals surface area contributed by atoms with E-state index in [9.17, 15) is 8.42 Å². The van der Waals surface area contributed by atoms with E-state index in [1.54, 1.807) is 42.1 Å². The van der Waals surface area contributed by atoms with Gasteiger partial charge < -0.3 is 0 Å². The molecule has 7 heteroatoms. The number of rotatable bonds is 4. The molecule has 0 saturated carbocycles. The Hall–Kier alpha value is -2.12. The van der Waals surface area contributed by atoms with Crippen LogP contribution in [0.1, 0.15) is 16.4 Å². The standard InChI is InChI=1S/C16H15N3O2S2/c1-11-16(12-3-5-14(6-4-12)23(2,20)21)22-15(19-11)9-13-10-17-7-8-18-13/h3-8,10H,9H2,1-2H3. The zero-order valence-corrected chi connectivity index (χ0v) is 14.4. The summed E-state index contributed by atoms with van der Waals surface area (Å²) in [5.74, 6) is 0. The number of sulfone groups is 1. The Morgan fingerprint density at radius 3 is 2.48 bits per heavy atom. The van der Waals surface area contributed by atoms with Crippen molar-refractivity contribution in [2.24, 2.45) is 0 Å². The van der Waals surface area contributed by atoms with Crippen LogP contribution in [0.3, 0.4) is 0 Å². The first kappa shape index (κ1) is 15.8. The van der Waals surface area contributed by atoms with E-state index >= 15 is 0 Å². The van der Waals surface area contributed by atoms with Gasteiger partial charge in [-0.05, 0) is 24.6 Å². The van der Waals surface area contributed by atoms with Gasteiger partial charge in [0.15, 0.2) is 9.84 Å². The van der Waals surface area contributed by atoms with Crippen LogP contribution in [0.5, 0.6) is 0 Å². The Kier molecular flexibility index (Phi) is 4.23. The molecule has 0 amide bonds. The van der Waals surface area contributed by atoms with Gasteiger partial charge in [0, 0.05) is 31.3 Å². The first-order valence-corrected chi connectivity index (χ1v) is 9.66. The molecular weight excluding hydrogens is 330 g/mol. The lowest BCUT2D eigenvalue weighted by molar-refractivity contribution is 0.602. The van der Waals surface area contributed by atoms with Gasteiger partial charge in [0.2, 0.25) is 0 Å². The smallest absolute Gasteiger partial charge is 0.175 e. The van der Waals surface area contributed by atoms with Crippen molar-refractivity contribution in [2.75, 3.05) is 6.26 Å². The third-order valence-corrected chi connectivity index (χ3v) is 5.67. The molecule has 0 saturated heterocycles. The van der Waals surface area contributed by atoms with Crippen molar-refractivity contribution in [1.29, 1.82) is 0 Å². The maximum Gasteiger partial charge on any atom is 0.175 e. The Morgan fingerprint density at radius 2 is 1.87 bits per heavy atom. The molecule has 0 N–H and O–H groups in total. The normalized spacial score (nSPS) is 11.6. The monoisotopic (exact) mass is 345 g/mol. The van der Waals surface area contributed by atoms with Crippen molar-refractivity contribution >= 4 is 21.2 Å². The number of benzene rings is 1. The van der Waals surface area contributed by atoms with E-state index in [0.29, 0.717) is 11.3 Å². The molecule has 2 heterocycles. The third-order valence-electron chi connectivity index (χ3n) is 3.33. The van der Waals surface area contributed by atoms with Gasteiger partial charge in [-0.15, -0.1) is 11.3 Å². The fraction of sp³-hybridized carbons (Fsp3) is 0.188. The van der Waals surface area contributed by atoms with E-state index in [2.05, 4.69) is 15.0 Å². The molecule has 5 nitrogen and oxygen atoms in total. The highest BCUT2D eigenvalue weighted by atomic mass is 32.2. The van der Waals surface area contributed by atoms with Crippen LogP contribution in [0, 0.1) is 6.92 Å². The molecule has 0 bridgehead atoms. The SMILES string of the molecule is Cc1nc(Cc2cnccn2)sc1-c1ccc(S(C)(=O)=O)cc1. The van der Waals surface area contributed by atoms with Gasteiger partial charge in [-0.25, -0.2) is 13.4 Å².